The molecular weight excluding hydrogens is 319 g/mol. The maximum absolute atomic E-state index is 13.3. The lowest BCUT2D eigenvalue weighted by Gasteiger charge is -2.04. The molecule has 0 unspecified atom stereocenters. The van der Waals surface area contributed by atoms with Crippen LogP contribution in [-0.4, -0.2) is 22.6 Å². The van der Waals surface area contributed by atoms with Crippen LogP contribution in [-0.2, 0) is 15.6 Å². The lowest BCUT2D eigenvalue weighted by molar-refractivity contribution is 0.386. The molecule has 6 heteroatoms. The largest absolute Gasteiger partial charge is 0.497 e. The van der Waals surface area contributed by atoms with Gasteiger partial charge in [-0.2, -0.15) is 0 Å². The van der Waals surface area contributed by atoms with E-state index < -0.39 is 15.7 Å². The Kier molecular flexibility index (Phi) is 5.39. The van der Waals surface area contributed by atoms with Crippen LogP contribution in [0.5, 0.6) is 11.5 Å². The van der Waals surface area contributed by atoms with Gasteiger partial charge in [-0.15, -0.1) is 0 Å². The Labute approximate surface area is 135 Å². The zero-order valence-electron chi connectivity index (χ0n) is 12.8. The Hall–Kier alpha value is -2.34. The molecule has 4 nitrogen and oxygen atoms in total. The molecule has 2 aromatic carbocycles. The highest BCUT2D eigenvalue weighted by molar-refractivity contribution is 7.93. The van der Waals surface area contributed by atoms with Crippen molar-refractivity contribution >= 4 is 15.9 Å². The summed E-state index contributed by atoms with van der Waals surface area (Å²) >= 11 is 0. The van der Waals surface area contributed by atoms with Gasteiger partial charge in [0.1, 0.15) is 5.75 Å². The van der Waals surface area contributed by atoms with Gasteiger partial charge in [-0.3, -0.25) is 0 Å². The van der Waals surface area contributed by atoms with Crippen molar-refractivity contribution in [2.24, 2.45) is 0 Å². The lowest BCUT2D eigenvalue weighted by atomic mass is 10.2. The third kappa shape index (κ3) is 4.82. The highest BCUT2D eigenvalue weighted by Gasteiger charge is 2.09. The van der Waals surface area contributed by atoms with Crippen LogP contribution in [0.3, 0.4) is 0 Å². The van der Waals surface area contributed by atoms with E-state index >= 15 is 0 Å². The van der Waals surface area contributed by atoms with Gasteiger partial charge in [0.05, 0.1) is 20.0 Å². The number of sulfone groups is 1. The highest BCUT2D eigenvalue weighted by Crippen LogP contribution is 2.20. The van der Waals surface area contributed by atoms with Crippen LogP contribution in [0.25, 0.3) is 6.08 Å². The zero-order valence-corrected chi connectivity index (χ0v) is 13.6. The van der Waals surface area contributed by atoms with Crippen LogP contribution < -0.4 is 9.47 Å². The maximum Gasteiger partial charge on any atom is 0.175 e. The predicted molar refractivity (Wildman–Crippen MR) is 87.6 cm³/mol. The van der Waals surface area contributed by atoms with Gasteiger partial charge in [0.2, 0.25) is 0 Å². The molecule has 0 spiro atoms. The minimum absolute atomic E-state index is 0.0692. The van der Waals surface area contributed by atoms with Gasteiger partial charge in [0.15, 0.2) is 21.4 Å². The van der Waals surface area contributed by atoms with Crippen LogP contribution in [0.4, 0.5) is 4.39 Å². The van der Waals surface area contributed by atoms with Gasteiger partial charge >= 0.3 is 0 Å². The van der Waals surface area contributed by atoms with E-state index in [1.807, 2.05) is 0 Å². The van der Waals surface area contributed by atoms with Crippen molar-refractivity contribution in [2.45, 2.75) is 5.75 Å². The first-order valence-electron chi connectivity index (χ1n) is 6.81. The first kappa shape index (κ1) is 17.0. The van der Waals surface area contributed by atoms with Gasteiger partial charge in [-0.1, -0.05) is 18.2 Å². The van der Waals surface area contributed by atoms with Gasteiger partial charge in [-0.25, -0.2) is 12.8 Å². The molecule has 0 heterocycles. The number of rotatable bonds is 6. The highest BCUT2D eigenvalue weighted by atomic mass is 32.2. The molecule has 0 aromatic heterocycles. The fourth-order valence-electron chi connectivity index (χ4n) is 1.96. The molecule has 0 N–H and O–H groups in total. The van der Waals surface area contributed by atoms with Crippen molar-refractivity contribution in [1.29, 1.82) is 0 Å². The van der Waals surface area contributed by atoms with Crippen LogP contribution in [0, 0.1) is 5.82 Å². The van der Waals surface area contributed by atoms with Crippen molar-refractivity contribution in [3.63, 3.8) is 0 Å². The topological polar surface area (TPSA) is 52.6 Å². The number of hydrogen-bond acceptors (Lipinski definition) is 4. The maximum atomic E-state index is 13.3. The Bertz CT molecular complexity index is 796. The average molecular weight is 336 g/mol. The summed E-state index contributed by atoms with van der Waals surface area (Å²) in [7, 11) is -0.537. The number of benzene rings is 2. The quantitative estimate of drug-likeness (QED) is 0.811. The summed E-state index contributed by atoms with van der Waals surface area (Å²) in [6.45, 7) is 0. The smallest absolute Gasteiger partial charge is 0.175 e. The fraction of sp³-hybridized carbons (Fsp3) is 0.176. The molecule has 0 fully saturated rings. The second-order valence-electron chi connectivity index (χ2n) is 4.85. The summed E-state index contributed by atoms with van der Waals surface area (Å²) in [4.78, 5) is 0. The van der Waals surface area contributed by atoms with Crippen molar-refractivity contribution < 1.29 is 22.3 Å². The fourth-order valence-corrected chi connectivity index (χ4v) is 3.08. The van der Waals surface area contributed by atoms with E-state index in [0.717, 1.165) is 5.41 Å². The summed E-state index contributed by atoms with van der Waals surface area (Å²) in [6.07, 6.45) is 1.42. The summed E-state index contributed by atoms with van der Waals surface area (Å²) < 4.78 is 47.5. The molecule has 0 saturated carbocycles. The molecule has 23 heavy (non-hydrogen) atoms. The summed E-state index contributed by atoms with van der Waals surface area (Å²) in [5.74, 6) is 0.122. The second-order valence-corrected chi connectivity index (χ2v) is 6.74. The Balaban J connectivity index is 2.13. The lowest BCUT2D eigenvalue weighted by Crippen LogP contribution is -2.00. The number of ether oxygens (including phenoxy) is 2. The Morgan fingerprint density at radius 1 is 1.04 bits per heavy atom. The van der Waals surface area contributed by atoms with E-state index in [1.54, 1.807) is 31.4 Å². The van der Waals surface area contributed by atoms with Crippen LogP contribution in [0.1, 0.15) is 11.1 Å². The third-order valence-corrected chi connectivity index (χ3v) is 4.46. The number of methoxy groups -OCH3 is 2. The first-order valence-corrected chi connectivity index (χ1v) is 8.52. The van der Waals surface area contributed by atoms with Crippen LogP contribution >= 0.6 is 0 Å². The van der Waals surface area contributed by atoms with Crippen LogP contribution in [0.15, 0.2) is 47.9 Å². The third-order valence-electron chi connectivity index (χ3n) is 3.17. The zero-order chi connectivity index (χ0) is 16.9. The van der Waals surface area contributed by atoms with Crippen LogP contribution in [0.2, 0.25) is 0 Å². The summed E-state index contributed by atoms with van der Waals surface area (Å²) in [6, 6.07) is 11.0. The van der Waals surface area contributed by atoms with Crippen molar-refractivity contribution in [1.82, 2.24) is 0 Å². The van der Waals surface area contributed by atoms with Gasteiger partial charge in [0.25, 0.3) is 0 Å². The van der Waals surface area contributed by atoms with E-state index in [9.17, 15) is 12.8 Å². The predicted octanol–water partition coefficient (Wildman–Crippen LogP) is 3.43. The molecular formula is C17H17FO4S. The molecule has 122 valence electrons. The molecule has 0 aliphatic carbocycles. The van der Waals surface area contributed by atoms with E-state index in [2.05, 4.69) is 0 Å². The standard InChI is InChI=1S/C17H17FO4S/c1-21-15-6-3-14(4-7-15)12-23(19,20)10-9-13-5-8-16(18)17(11-13)22-2/h3-11H,12H2,1-2H3/b10-9+. The van der Waals surface area contributed by atoms with Gasteiger partial charge in [-0.05, 0) is 41.5 Å². The molecule has 0 aliphatic heterocycles. The van der Waals surface area contributed by atoms with E-state index in [0.29, 0.717) is 16.9 Å². The molecule has 0 aliphatic rings. The summed E-state index contributed by atoms with van der Waals surface area (Å²) in [5, 5.41) is 1.11. The van der Waals surface area contributed by atoms with Gasteiger partial charge < -0.3 is 9.47 Å². The van der Waals surface area contributed by atoms with E-state index in [4.69, 9.17) is 9.47 Å². The SMILES string of the molecule is COc1ccc(CS(=O)(=O)/C=C/c2ccc(F)c(OC)c2)cc1. The summed E-state index contributed by atoms with van der Waals surface area (Å²) in [5.41, 5.74) is 1.20. The van der Waals surface area contributed by atoms with Crippen molar-refractivity contribution in [3.05, 3.63) is 64.8 Å². The second kappa shape index (κ2) is 7.28. The molecule has 2 rings (SSSR count). The number of hydrogen-bond donors (Lipinski definition) is 0. The molecule has 0 atom stereocenters. The first-order chi connectivity index (χ1) is 10.9. The normalized spacial score (nSPS) is 11.6. The van der Waals surface area contributed by atoms with Gasteiger partial charge in [0, 0.05) is 5.41 Å². The minimum Gasteiger partial charge on any atom is -0.497 e. The molecule has 2 aromatic rings. The number of halogens is 1. The minimum atomic E-state index is -3.44. The monoisotopic (exact) mass is 336 g/mol. The molecule has 0 bridgehead atoms. The molecule has 0 radical (unpaired) electrons. The Morgan fingerprint density at radius 3 is 2.35 bits per heavy atom. The molecule has 0 amide bonds. The molecule has 0 saturated heterocycles. The van der Waals surface area contributed by atoms with E-state index in [-0.39, 0.29) is 11.5 Å². The van der Waals surface area contributed by atoms with E-state index in [1.165, 1.54) is 31.4 Å². The average Bonchev–Trinajstić information content (AvgIpc) is 2.54. The van der Waals surface area contributed by atoms with Crippen molar-refractivity contribution in [3.8, 4) is 11.5 Å². The van der Waals surface area contributed by atoms with Crippen molar-refractivity contribution in [2.75, 3.05) is 14.2 Å². The Morgan fingerprint density at radius 2 is 1.74 bits per heavy atom.